The van der Waals surface area contributed by atoms with Gasteiger partial charge in [0.25, 0.3) is 0 Å². The SMILES string of the molecule is CCCCN(CCCC)CCCC(C)(C)CCN. The number of nitrogens with two attached hydrogens (primary N) is 1. The zero-order chi connectivity index (χ0) is 13.9. The maximum absolute atomic E-state index is 5.67. The molecule has 0 saturated carbocycles. The molecular formula is C16H36N2. The highest BCUT2D eigenvalue weighted by Crippen LogP contribution is 2.25. The van der Waals surface area contributed by atoms with Crippen LogP contribution in [0.15, 0.2) is 0 Å². The number of hydrogen-bond acceptors (Lipinski definition) is 2. The van der Waals surface area contributed by atoms with E-state index in [4.69, 9.17) is 5.73 Å². The van der Waals surface area contributed by atoms with Gasteiger partial charge in [-0.15, -0.1) is 0 Å². The molecule has 0 aliphatic carbocycles. The molecule has 0 aromatic carbocycles. The Hall–Kier alpha value is -0.0800. The molecule has 0 amide bonds. The molecule has 0 fully saturated rings. The molecule has 2 nitrogen and oxygen atoms in total. The van der Waals surface area contributed by atoms with E-state index in [9.17, 15) is 0 Å². The lowest BCUT2D eigenvalue weighted by Crippen LogP contribution is -2.28. The summed E-state index contributed by atoms with van der Waals surface area (Å²) in [6, 6.07) is 0. The van der Waals surface area contributed by atoms with Crippen LogP contribution < -0.4 is 5.73 Å². The second-order valence-corrected chi connectivity index (χ2v) is 6.36. The summed E-state index contributed by atoms with van der Waals surface area (Å²) >= 11 is 0. The van der Waals surface area contributed by atoms with Crippen molar-refractivity contribution in [3.63, 3.8) is 0 Å². The van der Waals surface area contributed by atoms with Gasteiger partial charge in [-0.1, -0.05) is 40.5 Å². The van der Waals surface area contributed by atoms with Crippen molar-refractivity contribution in [3.05, 3.63) is 0 Å². The number of rotatable bonds is 12. The maximum atomic E-state index is 5.67. The van der Waals surface area contributed by atoms with Crippen LogP contribution in [-0.2, 0) is 0 Å². The number of unbranched alkanes of at least 4 members (excludes halogenated alkanes) is 2. The molecule has 0 radical (unpaired) electrons. The van der Waals surface area contributed by atoms with Gasteiger partial charge < -0.3 is 10.6 Å². The second-order valence-electron chi connectivity index (χ2n) is 6.36. The van der Waals surface area contributed by atoms with Gasteiger partial charge in [0, 0.05) is 0 Å². The van der Waals surface area contributed by atoms with Crippen LogP contribution >= 0.6 is 0 Å². The van der Waals surface area contributed by atoms with Crippen molar-refractivity contribution in [2.24, 2.45) is 11.1 Å². The molecule has 0 spiro atoms. The minimum absolute atomic E-state index is 0.427. The molecule has 0 aliphatic rings. The van der Waals surface area contributed by atoms with Crippen LogP contribution in [0.1, 0.15) is 72.6 Å². The first-order chi connectivity index (χ1) is 8.55. The summed E-state index contributed by atoms with van der Waals surface area (Å²) in [6.07, 6.45) is 9.07. The highest BCUT2D eigenvalue weighted by molar-refractivity contribution is 4.70. The third kappa shape index (κ3) is 9.90. The first kappa shape index (κ1) is 17.9. The van der Waals surface area contributed by atoms with Gasteiger partial charge in [0.05, 0.1) is 0 Å². The highest BCUT2D eigenvalue weighted by Gasteiger charge is 2.16. The van der Waals surface area contributed by atoms with E-state index in [0.29, 0.717) is 5.41 Å². The van der Waals surface area contributed by atoms with Crippen molar-refractivity contribution in [1.29, 1.82) is 0 Å². The average molecular weight is 256 g/mol. The second kappa shape index (κ2) is 10.8. The summed E-state index contributed by atoms with van der Waals surface area (Å²) in [7, 11) is 0. The Kier molecular flexibility index (Phi) is 10.8. The standard InChI is InChI=1S/C16H36N2/c1-5-7-13-18(14-8-6-2)15-9-10-16(3,4)11-12-17/h5-15,17H2,1-4H3. The summed E-state index contributed by atoms with van der Waals surface area (Å²) in [6.45, 7) is 13.9. The lowest BCUT2D eigenvalue weighted by molar-refractivity contribution is 0.230. The predicted octanol–water partition coefficient (Wildman–Crippen LogP) is 4.04. The Morgan fingerprint density at radius 1 is 0.833 bits per heavy atom. The average Bonchev–Trinajstić information content (AvgIpc) is 2.31. The molecule has 110 valence electrons. The maximum Gasteiger partial charge on any atom is -0.00185 e. The minimum Gasteiger partial charge on any atom is -0.330 e. The van der Waals surface area contributed by atoms with Crippen LogP contribution in [0.25, 0.3) is 0 Å². The number of nitrogens with zero attached hydrogens (tertiary/aromatic N) is 1. The fraction of sp³-hybridized carbons (Fsp3) is 1.00. The van der Waals surface area contributed by atoms with Gasteiger partial charge in [-0.25, -0.2) is 0 Å². The van der Waals surface area contributed by atoms with Gasteiger partial charge in [-0.2, -0.15) is 0 Å². The van der Waals surface area contributed by atoms with Crippen LogP contribution in [0.3, 0.4) is 0 Å². The van der Waals surface area contributed by atoms with Crippen molar-refractivity contribution in [3.8, 4) is 0 Å². The van der Waals surface area contributed by atoms with Crippen molar-refractivity contribution in [2.45, 2.75) is 72.6 Å². The third-order valence-electron chi connectivity index (χ3n) is 3.80. The van der Waals surface area contributed by atoms with E-state index in [0.717, 1.165) is 13.0 Å². The molecule has 0 aromatic heterocycles. The molecule has 0 aromatic rings. The van der Waals surface area contributed by atoms with E-state index < -0.39 is 0 Å². The van der Waals surface area contributed by atoms with Crippen LogP contribution in [0.5, 0.6) is 0 Å². The normalized spacial score (nSPS) is 12.3. The largest absolute Gasteiger partial charge is 0.330 e. The summed E-state index contributed by atoms with van der Waals surface area (Å²) < 4.78 is 0. The van der Waals surface area contributed by atoms with Crippen LogP contribution in [0, 0.1) is 5.41 Å². The van der Waals surface area contributed by atoms with Gasteiger partial charge >= 0.3 is 0 Å². The van der Waals surface area contributed by atoms with Crippen LogP contribution in [-0.4, -0.2) is 31.1 Å². The van der Waals surface area contributed by atoms with Gasteiger partial charge in [0.1, 0.15) is 0 Å². The van der Waals surface area contributed by atoms with Gasteiger partial charge in [-0.05, 0) is 63.7 Å². The van der Waals surface area contributed by atoms with Crippen LogP contribution in [0.2, 0.25) is 0 Å². The summed E-state index contributed by atoms with van der Waals surface area (Å²) in [4.78, 5) is 2.66. The molecule has 2 heteroatoms. The van der Waals surface area contributed by atoms with Gasteiger partial charge in [0.15, 0.2) is 0 Å². The zero-order valence-electron chi connectivity index (χ0n) is 13.3. The summed E-state index contributed by atoms with van der Waals surface area (Å²) in [5, 5.41) is 0. The predicted molar refractivity (Wildman–Crippen MR) is 82.9 cm³/mol. The van der Waals surface area contributed by atoms with E-state index >= 15 is 0 Å². The highest BCUT2D eigenvalue weighted by atomic mass is 15.1. The molecule has 0 atom stereocenters. The van der Waals surface area contributed by atoms with Crippen molar-refractivity contribution >= 4 is 0 Å². The van der Waals surface area contributed by atoms with Crippen molar-refractivity contribution < 1.29 is 0 Å². The summed E-state index contributed by atoms with van der Waals surface area (Å²) in [5.74, 6) is 0. The Morgan fingerprint density at radius 2 is 1.33 bits per heavy atom. The van der Waals surface area contributed by atoms with E-state index in [1.807, 2.05) is 0 Å². The fourth-order valence-corrected chi connectivity index (χ4v) is 2.40. The van der Waals surface area contributed by atoms with Crippen LogP contribution in [0.4, 0.5) is 0 Å². The Labute approximate surface area is 115 Å². The molecule has 0 bridgehead atoms. The van der Waals surface area contributed by atoms with Crippen molar-refractivity contribution in [1.82, 2.24) is 4.90 Å². The van der Waals surface area contributed by atoms with Gasteiger partial charge in [0.2, 0.25) is 0 Å². The smallest absolute Gasteiger partial charge is 0.00185 e. The van der Waals surface area contributed by atoms with E-state index in [1.54, 1.807) is 0 Å². The Bertz CT molecular complexity index is 170. The van der Waals surface area contributed by atoms with E-state index in [2.05, 4.69) is 32.6 Å². The zero-order valence-corrected chi connectivity index (χ0v) is 13.3. The molecule has 18 heavy (non-hydrogen) atoms. The third-order valence-corrected chi connectivity index (χ3v) is 3.80. The lowest BCUT2D eigenvalue weighted by Gasteiger charge is -2.27. The topological polar surface area (TPSA) is 29.3 Å². The molecule has 0 heterocycles. The fourth-order valence-electron chi connectivity index (χ4n) is 2.40. The molecular weight excluding hydrogens is 220 g/mol. The first-order valence-electron chi connectivity index (χ1n) is 7.98. The van der Waals surface area contributed by atoms with E-state index in [1.165, 1.54) is 58.2 Å². The Balaban J connectivity index is 3.86. The molecule has 0 unspecified atom stereocenters. The monoisotopic (exact) mass is 256 g/mol. The molecule has 0 rings (SSSR count). The quantitative estimate of drug-likeness (QED) is 0.571. The van der Waals surface area contributed by atoms with Gasteiger partial charge in [-0.3, -0.25) is 0 Å². The Morgan fingerprint density at radius 3 is 1.78 bits per heavy atom. The minimum atomic E-state index is 0.427. The molecule has 2 N–H and O–H groups in total. The molecule has 0 aliphatic heterocycles. The molecule has 0 saturated heterocycles. The summed E-state index contributed by atoms with van der Waals surface area (Å²) in [5.41, 5.74) is 6.09. The first-order valence-corrected chi connectivity index (χ1v) is 7.98. The lowest BCUT2D eigenvalue weighted by atomic mass is 9.84. The van der Waals surface area contributed by atoms with Crippen molar-refractivity contribution in [2.75, 3.05) is 26.2 Å². The van der Waals surface area contributed by atoms with E-state index in [-0.39, 0.29) is 0 Å². The number of hydrogen-bond donors (Lipinski definition) is 1.